The zero-order valence-corrected chi connectivity index (χ0v) is 16.1. The number of hydrogen-bond acceptors (Lipinski definition) is 4. The lowest BCUT2D eigenvalue weighted by atomic mass is 9.81. The molecule has 3 rings (SSSR count). The van der Waals surface area contributed by atoms with Crippen LogP contribution in [0.15, 0.2) is 29.2 Å². The molecule has 1 aromatic rings. The van der Waals surface area contributed by atoms with Gasteiger partial charge in [-0.05, 0) is 50.3 Å². The quantitative estimate of drug-likeness (QED) is 0.799. The van der Waals surface area contributed by atoms with Gasteiger partial charge in [-0.25, -0.2) is 8.42 Å². The van der Waals surface area contributed by atoms with Crippen LogP contribution >= 0.6 is 0 Å². The number of nitrogens with zero attached hydrogens (tertiary/aromatic N) is 1. The average molecular weight is 394 g/mol. The lowest BCUT2D eigenvalue weighted by Gasteiger charge is -2.26. The lowest BCUT2D eigenvalue weighted by molar-refractivity contribution is -0.143. The number of hydrogen-bond donors (Lipinski definition) is 2. The van der Waals surface area contributed by atoms with E-state index in [0.29, 0.717) is 44.5 Å². The molecule has 1 aromatic carbocycles. The lowest BCUT2D eigenvalue weighted by Crippen LogP contribution is -2.35. The summed E-state index contributed by atoms with van der Waals surface area (Å²) in [6.45, 7) is 1.05. The van der Waals surface area contributed by atoms with Gasteiger partial charge in [0, 0.05) is 24.7 Å². The standard InChI is InChI=1S/C19H26N2O5S/c22-18(14-6-4-7-15(12-14)19(23)24)20-16-8-5-9-17(13-16)27(25,26)21-10-2-1-3-11-21/h5,8-9,13-15H,1-4,6-7,10-12H2,(H,20,22)(H,23,24). The molecule has 1 saturated heterocycles. The summed E-state index contributed by atoms with van der Waals surface area (Å²) in [5, 5.41) is 11.9. The van der Waals surface area contributed by atoms with Crippen molar-refractivity contribution in [3.8, 4) is 0 Å². The van der Waals surface area contributed by atoms with Crippen molar-refractivity contribution >= 4 is 27.6 Å². The summed E-state index contributed by atoms with van der Waals surface area (Å²) in [6.07, 6.45) is 5.06. The molecule has 7 nitrogen and oxygen atoms in total. The van der Waals surface area contributed by atoms with E-state index < -0.39 is 21.9 Å². The monoisotopic (exact) mass is 394 g/mol. The Bertz CT molecular complexity index is 802. The van der Waals surface area contributed by atoms with Crippen molar-refractivity contribution in [1.29, 1.82) is 0 Å². The molecule has 0 radical (unpaired) electrons. The topological polar surface area (TPSA) is 104 Å². The van der Waals surface area contributed by atoms with Crippen LogP contribution < -0.4 is 5.32 Å². The van der Waals surface area contributed by atoms with Gasteiger partial charge in [0.2, 0.25) is 15.9 Å². The molecule has 2 atom stereocenters. The third-order valence-electron chi connectivity index (χ3n) is 5.45. The number of carbonyl (C=O) groups is 2. The predicted octanol–water partition coefficient (Wildman–Crippen LogP) is 2.69. The van der Waals surface area contributed by atoms with Gasteiger partial charge in [0.15, 0.2) is 0 Å². The molecule has 1 amide bonds. The summed E-state index contributed by atoms with van der Waals surface area (Å²) in [7, 11) is -3.56. The van der Waals surface area contributed by atoms with Crippen LogP contribution in [0.2, 0.25) is 0 Å². The van der Waals surface area contributed by atoms with Gasteiger partial charge in [0.25, 0.3) is 0 Å². The van der Waals surface area contributed by atoms with E-state index in [1.807, 2.05) is 0 Å². The highest BCUT2D eigenvalue weighted by molar-refractivity contribution is 7.89. The van der Waals surface area contributed by atoms with Gasteiger partial charge in [-0.3, -0.25) is 9.59 Å². The number of amides is 1. The fourth-order valence-electron chi connectivity index (χ4n) is 3.89. The Hall–Kier alpha value is -1.93. The normalized spacial score (nSPS) is 24.3. The van der Waals surface area contributed by atoms with E-state index in [-0.39, 0.29) is 16.7 Å². The molecule has 1 heterocycles. The number of nitrogens with one attached hydrogen (secondary N) is 1. The average Bonchev–Trinajstić information content (AvgIpc) is 2.69. The number of benzene rings is 1. The SMILES string of the molecule is O=C(O)C1CCCC(C(=O)Nc2cccc(S(=O)(=O)N3CCCCC3)c2)C1. The van der Waals surface area contributed by atoms with Crippen LogP contribution in [0, 0.1) is 11.8 Å². The number of carboxylic acid groups (broad SMARTS) is 1. The van der Waals surface area contributed by atoms with Crippen LogP contribution in [0.25, 0.3) is 0 Å². The summed E-state index contributed by atoms with van der Waals surface area (Å²) in [5.41, 5.74) is 0.426. The minimum Gasteiger partial charge on any atom is -0.481 e. The zero-order valence-electron chi connectivity index (χ0n) is 15.3. The molecule has 1 aliphatic carbocycles. The van der Waals surface area contributed by atoms with Gasteiger partial charge < -0.3 is 10.4 Å². The number of sulfonamides is 1. The van der Waals surface area contributed by atoms with Crippen molar-refractivity contribution < 1.29 is 23.1 Å². The summed E-state index contributed by atoms with van der Waals surface area (Å²) in [4.78, 5) is 23.9. The molecule has 2 N–H and O–H groups in total. The van der Waals surface area contributed by atoms with Crippen LogP contribution in [0.1, 0.15) is 44.9 Å². The molecule has 2 aliphatic rings. The van der Waals surface area contributed by atoms with Gasteiger partial charge in [-0.2, -0.15) is 4.31 Å². The minimum atomic E-state index is -3.56. The van der Waals surface area contributed by atoms with E-state index in [1.54, 1.807) is 18.2 Å². The number of piperidine rings is 1. The van der Waals surface area contributed by atoms with Crippen LogP contribution in [-0.2, 0) is 19.6 Å². The first kappa shape index (κ1) is 19.8. The molecule has 2 unspecified atom stereocenters. The highest BCUT2D eigenvalue weighted by atomic mass is 32.2. The summed E-state index contributed by atoms with van der Waals surface area (Å²) < 4.78 is 27.1. The minimum absolute atomic E-state index is 0.175. The van der Waals surface area contributed by atoms with E-state index in [1.165, 1.54) is 10.4 Å². The first-order valence-electron chi connectivity index (χ1n) is 9.52. The summed E-state index contributed by atoms with van der Waals surface area (Å²) >= 11 is 0. The van der Waals surface area contributed by atoms with Gasteiger partial charge in [-0.15, -0.1) is 0 Å². The largest absolute Gasteiger partial charge is 0.481 e. The van der Waals surface area contributed by atoms with E-state index in [0.717, 1.165) is 19.3 Å². The van der Waals surface area contributed by atoms with E-state index in [2.05, 4.69) is 5.32 Å². The van der Waals surface area contributed by atoms with Crippen molar-refractivity contribution in [3.63, 3.8) is 0 Å². The first-order valence-corrected chi connectivity index (χ1v) is 11.0. The van der Waals surface area contributed by atoms with Crippen molar-refractivity contribution in [3.05, 3.63) is 24.3 Å². The Morgan fingerprint density at radius 3 is 2.44 bits per heavy atom. The van der Waals surface area contributed by atoms with Gasteiger partial charge >= 0.3 is 5.97 Å². The summed E-state index contributed by atoms with van der Waals surface area (Å²) in [6, 6.07) is 6.30. The Labute approximate surface area is 159 Å². The maximum Gasteiger partial charge on any atom is 0.306 e. The molecule has 0 spiro atoms. The molecule has 27 heavy (non-hydrogen) atoms. The van der Waals surface area contributed by atoms with Crippen molar-refractivity contribution in [2.75, 3.05) is 18.4 Å². The van der Waals surface area contributed by atoms with E-state index in [4.69, 9.17) is 0 Å². The highest BCUT2D eigenvalue weighted by Gasteiger charge is 2.31. The molecule has 1 aliphatic heterocycles. The summed E-state index contributed by atoms with van der Waals surface area (Å²) in [5.74, 6) is -1.95. The maximum atomic E-state index is 12.8. The Kier molecular flexibility index (Phi) is 6.16. The van der Waals surface area contributed by atoms with Crippen molar-refractivity contribution in [1.82, 2.24) is 4.31 Å². The number of aliphatic carboxylic acids is 1. The Morgan fingerprint density at radius 1 is 1.04 bits per heavy atom. The zero-order chi connectivity index (χ0) is 19.4. The third kappa shape index (κ3) is 4.68. The highest BCUT2D eigenvalue weighted by Crippen LogP contribution is 2.30. The van der Waals surface area contributed by atoms with E-state index in [9.17, 15) is 23.1 Å². The third-order valence-corrected chi connectivity index (χ3v) is 7.34. The van der Waals surface area contributed by atoms with Crippen molar-refractivity contribution in [2.24, 2.45) is 11.8 Å². The smallest absolute Gasteiger partial charge is 0.306 e. The fourth-order valence-corrected chi connectivity index (χ4v) is 5.45. The number of anilines is 1. The molecule has 8 heteroatoms. The maximum absolute atomic E-state index is 12.8. The molecule has 1 saturated carbocycles. The number of rotatable bonds is 5. The van der Waals surface area contributed by atoms with Gasteiger partial charge in [-0.1, -0.05) is 18.9 Å². The van der Waals surface area contributed by atoms with Crippen molar-refractivity contribution in [2.45, 2.75) is 49.8 Å². The van der Waals surface area contributed by atoms with Gasteiger partial charge in [0.05, 0.1) is 10.8 Å². The molecule has 2 fully saturated rings. The van der Waals surface area contributed by atoms with Crippen LogP contribution in [0.3, 0.4) is 0 Å². The molecule has 0 aromatic heterocycles. The van der Waals surface area contributed by atoms with Crippen LogP contribution in [0.4, 0.5) is 5.69 Å². The Morgan fingerprint density at radius 2 is 1.74 bits per heavy atom. The second-order valence-electron chi connectivity index (χ2n) is 7.38. The van der Waals surface area contributed by atoms with E-state index >= 15 is 0 Å². The van der Waals surface area contributed by atoms with Gasteiger partial charge in [0.1, 0.15) is 0 Å². The molecular formula is C19H26N2O5S. The second kappa shape index (κ2) is 8.39. The predicted molar refractivity (Wildman–Crippen MR) is 101 cm³/mol. The van der Waals surface area contributed by atoms with Crippen LogP contribution in [0.5, 0.6) is 0 Å². The number of carboxylic acids is 1. The number of carbonyl (C=O) groups excluding carboxylic acids is 1. The second-order valence-corrected chi connectivity index (χ2v) is 9.32. The fraction of sp³-hybridized carbons (Fsp3) is 0.579. The molecule has 148 valence electrons. The molecular weight excluding hydrogens is 368 g/mol. The first-order chi connectivity index (χ1) is 12.9. The molecule has 0 bridgehead atoms. The van der Waals surface area contributed by atoms with Crippen LogP contribution in [-0.4, -0.2) is 42.8 Å². The Balaban J connectivity index is 1.70.